The third-order valence-corrected chi connectivity index (χ3v) is 6.99. The lowest BCUT2D eigenvalue weighted by atomic mass is 9.97. The summed E-state index contributed by atoms with van der Waals surface area (Å²) in [6.45, 7) is 4.65. The topological polar surface area (TPSA) is 79.1 Å². The first-order chi connectivity index (χ1) is 16.9. The molecule has 0 fully saturated rings. The number of carbonyl (C=O) groups is 1. The van der Waals surface area contributed by atoms with E-state index in [1.54, 1.807) is 42.5 Å². The van der Waals surface area contributed by atoms with Crippen molar-refractivity contribution in [1.82, 2.24) is 4.57 Å². The number of nitrogens with zero attached hydrogens (tertiary/aromatic N) is 2. The van der Waals surface area contributed by atoms with Gasteiger partial charge in [-0.05, 0) is 55.3 Å². The lowest BCUT2D eigenvalue weighted by Crippen LogP contribution is -2.39. The van der Waals surface area contributed by atoms with E-state index >= 15 is 0 Å². The Morgan fingerprint density at radius 1 is 1.09 bits per heavy atom. The van der Waals surface area contributed by atoms with Crippen LogP contribution in [-0.4, -0.2) is 30.9 Å². The van der Waals surface area contributed by atoms with Gasteiger partial charge in [-0.25, -0.2) is 9.79 Å². The van der Waals surface area contributed by atoms with Crippen LogP contribution in [0.25, 0.3) is 6.08 Å². The molecule has 1 aliphatic heterocycles. The average molecular weight is 533 g/mol. The number of benzene rings is 2. The lowest BCUT2D eigenvalue weighted by Gasteiger charge is -2.23. The molecular weight excluding hydrogens is 511 g/mol. The molecule has 4 rings (SSSR count). The fraction of sp³-hybridized carbons (Fsp3) is 0.240. The van der Waals surface area contributed by atoms with Crippen molar-refractivity contribution in [3.8, 4) is 11.5 Å². The summed E-state index contributed by atoms with van der Waals surface area (Å²) in [4.78, 5) is 31.1. The first kappa shape index (κ1) is 25.0. The van der Waals surface area contributed by atoms with E-state index in [0.29, 0.717) is 55.2 Å². The minimum atomic E-state index is -0.760. The zero-order chi connectivity index (χ0) is 25.1. The largest absolute Gasteiger partial charge is 0.490 e. The summed E-state index contributed by atoms with van der Waals surface area (Å²) in [5.74, 6) is 0.518. The first-order valence-electron chi connectivity index (χ1n) is 10.8. The highest BCUT2D eigenvalue weighted by Crippen LogP contribution is 2.35. The van der Waals surface area contributed by atoms with Crippen molar-refractivity contribution in [3.05, 3.63) is 89.0 Å². The molecule has 2 aromatic carbocycles. The molecule has 35 heavy (non-hydrogen) atoms. The van der Waals surface area contributed by atoms with Crippen LogP contribution in [0.15, 0.2) is 58.0 Å². The van der Waals surface area contributed by atoms with Gasteiger partial charge in [0.25, 0.3) is 5.56 Å². The van der Waals surface area contributed by atoms with E-state index in [1.165, 1.54) is 29.2 Å². The summed E-state index contributed by atoms with van der Waals surface area (Å²) in [6, 6.07) is 9.70. The van der Waals surface area contributed by atoms with Crippen LogP contribution in [0.3, 0.4) is 0 Å². The SMILES string of the molecule is CCOc1ccc([C@H]2C(C(=O)OC)=CN=c3s/c(=C\c4ccc(Cl)c(Cl)c4)c(=O)n32)cc1OCC. The standard InChI is InChI=1S/C25H22Cl2N2O5S/c1-4-33-19-9-7-15(12-20(19)34-5-2)22-16(24(31)32-3)13-28-25-29(22)23(30)21(35-25)11-14-6-8-17(26)18(27)10-14/h6-13,22H,4-5H2,1-3H3/b21-11-/t22-/m0/s1. The van der Waals surface area contributed by atoms with Crippen LogP contribution in [0.2, 0.25) is 10.0 Å². The van der Waals surface area contributed by atoms with Gasteiger partial charge >= 0.3 is 5.97 Å². The number of hydrogen-bond acceptors (Lipinski definition) is 7. The van der Waals surface area contributed by atoms with Gasteiger partial charge in [0.2, 0.25) is 0 Å². The summed E-state index contributed by atoms with van der Waals surface area (Å²) in [5.41, 5.74) is 1.30. The van der Waals surface area contributed by atoms with E-state index in [1.807, 2.05) is 13.8 Å². The Kier molecular flexibility index (Phi) is 7.64. The number of fused-ring (bicyclic) bond motifs is 1. The quantitative estimate of drug-likeness (QED) is 0.427. The number of methoxy groups -OCH3 is 1. The summed E-state index contributed by atoms with van der Waals surface area (Å²) in [7, 11) is 1.29. The normalized spacial score (nSPS) is 15.2. The van der Waals surface area contributed by atoms with Gasteiger partial charge in [-0.15, -0.1) is 0 Å². The van der Waals surface area contributed by atoms with Gasteiger partial charge in [-0.2, -0.15) is 0 Å². The highest BCUT2D eigenvalue weighted by atomic mass is 35.5. The van der Waals surface area contributed by atoms with Crippen molar-refractivity contribution in [2.75, 3.05) is 20.3 Å². The van der Waals surface area contributed by atoms with Gasteiger partial charge in [0.1, 0.15) is 0 Å². The van der Waals surface area contributed by atoms with E-state index in [4.69, 9.17) is 37.4 Å². The third-order valence-electron chi connectivity index (χ3n) is 5.25. The molecule has 2 heterocycles. The predicted octanol–water partition coefficient (Wildman–Crippen LogP) is 4.12. The van der Waals surface area contributed by atoms with Gasteiger partial charge < -0.3 is 14.2 Å². The average Bonchev–Trinajstić information content (AvgIpc) is 3.17. The molecule has 0 bridgehead atoms. The van der Waals surface area contributed by atoms with E-state index in [2.05, 4.69) is 4.99 Å². The Morgan fingerprint density at radius 2 is 1.83 bits per heavy atom. The van der Waals surface area contributed by atoms with Crippen molar-refractivity contribution in [1.29, 1.82) is 0 Å². The van der Waals surface area contributed by atoms with Crippen LogP contribution in [-0.2, 0) is 9.53 Å². The molecule has 0 saturated heterocycles. The highest BCUT2D eigenvalue weighted by molar-refractivity contribution is 7.07. The monoisotopic (exact) mass is 532 g/mol. The fourth-order valence-corrected chi connectivity index (χ4v) is 5.02. The highest BCUT2D eigenvalue weighted by Gasteiger charge is 2.31. The van der Waals surface area contributed by atoms with Crippen molar-refractivity contribution in [2.24, 2.45) is 4.99 Å². The van der Waals surface area contributed by atoms with E-state index < -0.39 is 12.0 Å². The van der Waals surface area contributed by atoms with Crippen LogP contribution in [0.1, 0.15) is 31.0 Å². The first-order valence-corrected chi connectivity index (χ1v) is 12.4. The van der Waals surface area contributed by atoms with E-state index in [0.717, 1.165) is 0 Å². The summed E-state index contributed by atoms with van der Waals surface area (Å²) in [5, 5.41) is 0.811. The van der Waals surface area contributed by atoms with Crippen LogP contribution in [0, 0.1) is 0 Å². The van der Waals surface area contributed by atoms with E-state index in [9.17, 15) is 9.59 Å². The van der Waals surface area contributed by atoms with Gasteiger partial charge in [-0.1, -0.05) is 46.7 Å². The number of thiazole rings is 1. The minimum absolute atomic E-state index is 0.229. The second-order valence-electron chi connectivity index (χ2n) is 7.42. The van der Waals surface area contributed by atoms with Gasteiger partial charge in [0.15, 0.2) is 16.3 Å². The number of rotatable bonds is 7. The van der Waals surface area contributed by atoms with Crippen LogP contribution in [0.4, 0.5) is 0 Å². The molecule has 0 unspecified atom stereocenters. The maximum Gasteiger partial charge on any atom is 0.337 e. The maximum absolute atomic E-state index is 13.6. The number of aromatic nitrogens is 1. The van der Waals surface area contributed by atoms with Crippen LogP contribution in [0.5, 0.6) is 11.5 Å². The Bertz CT molecular complexity index is 1490. The number of carbonyl (C=O) groups excluding carboxylic acids is 1. The van der Waals surface area contributed by atoms with Crippen molar-refractivity contribution < 1.29 is 19.0 Å². The molecule has 0 aliphatic carbocycles. The van der Waals surface area contributed by atoms with Crippen LogP contribution >= 0.6 is 34.5 Å². The zero-order valence-electron chi connectivity index (χ0n) is 19.2. The van der Waals surface area contributed by atoms with Crippen molar-refractivity contribution >= 4 is 46.6 Å². The summed E-state index contributed by atoms with van der Waals surface area (Å²) >= 11 is 13.4. The molecule has 182 valence electrons. The predicted molar refractivity (Wildman–Crippen MR) is 136 cm³/mol. The van der Waals surface area contributed by atoms with Crippen molar-refractivity contribution in [3.63, 3.8) is 0 Å². The second-order valence-corrected chi connectivity index (χ2v) is 9.25. The molecule has 1 aromatic heterocycles. The smallest absolute Gasteiger partial charge is 0.337 e. The Labute approximate surface area is 215 Å². The van der Waals surface area contributed by atoms with Crippen molar-refractivity contribution in [2.45, 2.75) is 19.9 Å². The summed E-state index contributed by atoms with van der Waals surface area (Å²) in [6.07, 6.45) is 3.16. The Balaban J connectivity index is 1.90. The molecular formula is C25H22Cl2N2O5S. The number of hydrogen-bond donors (Lipinski definition) is 0. The molecule has 1 aliphatic rings. The van der Waals surface area contributed by atoms with Gasteiger partial charge in [-0.3, -0.25) is 9.36 Å². The Hall–Kier alpha value is -3.07. The van der Waals surface area contributed by atoms with Crippen LogP contribution < -0.4 is 24.4 Å². The second kappa shape index (κ2) is 10.7. The molecule has 10 heteroatoms. The fourth-order valence-electron chi connectivity index (χ4n) is 3.74. The molecule has 0 amide bonds. The number of ether oxygens (including phenoxy) is 3. The third kappa shape index (κ3) is 5.00. The maximum atomic E-state index is 13.6. The van der Waals surface area contributed by atoms with Gasteiger partial charge in [0.05, 0.1) is 46.5 Å². The lowest BCUT2D eigenvalue weighted by molar-refractivity contribution is -0.136. The van der Waals surface area contributed by atoms with Gasteiger partial charge in [0, 0.05) is 6.20 Å². The number of halogens is 2. The molecule has 0 N–H and O–H groups in total. The Morgan fingerprint density at radius 3 is 2.51 bits per heavy atom. The molecule has 0 saturated carbocycles. The molecule has 0 spiro atoms. The molecule has 7 nitrogen and oxygen atoms in total. The zero-order valence-corrected chi connectivity index (χ0v) is 21.5. The molecule has 1 atom stereocenters. The summed E-state index contributed by atoms with van der Waals surface area (Å²) < 4.78 is 18.4. The minimum Gasteiger partial charge on any atom is -0.490 e. The number of esters is 1. The molecule has 0 radical (unpaired) electrons. The van der Waals surface area contributed by atoms with E-state index in [-0.39, 0.29) is 11.1 Å². The molecule has 3 aromatic rings.